The van der Waals surface area contributed by atoms with E-state index in [1.54, 1.807) is 0 Å². The van der Waals surface area contributed by atoms with Gasteiger partial charge in [0.15, 0.2) is 0 Å². The summed E-state index contributed by atoms with van der Waals surface area (Å²) < 4.78 is 0. The van der Waals surface area contributed by atoms with Crippen LogP contribution in [-0.4, -0.2) is 12.0 Å². The lowest BCUT2D eigenvalue weighted by Gasteiger charge is -2.05. The van der Waals surface area contributed by atoms with Gasteiger partial charge in [-0.25, -0.2) is 0 Å². The Morgan fingerprint density at radius 3 is 2.44 bits per heavy atom. The Bertz CT molecular complexity index is 672. The van der Waals surface area contributed by atoms with E-state index in [0.29, 0.717) is 0 Å². The molecule has 88 valence electrons. The van der Waals surface area contributed by atoms with E-state index in [0.717, 1.165) is 11.2 Å². The summed E-state index contributed by atoms with van der Waals surface area (Å²) in [5, 5.41) is 4.30. The zero-order valence-corrected chi connectivity index (χ0v) is 10.2. The van der Waals surface area contributed by atoms with E-state index in [1.807, 2.05) is 19.3 Å². The fourth-order valence-corrected chi connectivity index (χ4v) is 2.08. The van der Waals surface area contributed by atoms with Crippen LogP contribution >= 0.6 is 0 Å². The Morgan fingerprint density at radius 1 is 0.889 bits per heavy atom. The van der Waals surface area contributed by atoms with Gasteiger partial charge in [-0.3, -0.25) is 4.98 Å². The van der Waals surface area contributed by atoms with E-state index >= 15 is 0 Å². The second kappa shape index (κ2) is 4.49. The molecule has 0 aliphatic rings. The second-order valence-corrected chi connectivity index (χ2v) is 4.24. The highest BCUT2D eigenvalue weighted by atomic mass is 14.8. The molecule has 2 heteroatoms. The Kier molecular flexibility index (Phi) is 2.69. The predicted octanol–water partition coefficient (Wildman–Crippen LogP) is 3.94. The third-order valence-corrected chi connectivity index (χ3v) is 3.11. The quantitative estimate of drug-likeness (QED) is 0.726. The maximum atomic E-state index is 4.33. The maximum Gasteiger partial charge on any atom is 0.0702 e. The largest absolute Gasteiger partial charge is 0.388 e. The molecule has 0 aliphatic carbocycles. The average molecular weight is 234 g/mol. The first-order valence-corrected chi connectivity index (χ1v) is 6.00. The molecule has 3 rings (SSSR count). The van der Waals surface area contributed by atoms with Crippen molar-refractivity contribution in [1.82, 2.24) is 4.98 Å². The zero-order valence-electron chi connectivity index (χ0n) is 10.2. The average Bonchev–Trinajstić information content (AvgIpc) is 2.47. The molecule has 0 aliphatic heterocycles. The van der Waals surface area contributed by atoms with E-state index in [-0.39, 0.29) is 0 Å². The summed E-state index contributed by atoms with van der Waals surface area (Å²) in [6.45, 7) is 0. The molecule has 0 saturated heterocycles. The van der Waals surface area contributed by atoms with Gasteiger partial charge in [0.2, 0.25) is 0 Å². The molecule has 1 N–H and O–H groups in total. The Hall–Kier alpha value is -2.35. The van der Waals surface area contributed by atoms with Gasteiger partial charge in [-0.1, -0.05) is 24.3 Å². The first-order chi connectivity index (χ1) is 8.86. The molecule has 3 aromatic rings. The fraction of sp³-hybridized carbons (Fsp3) is 0.0625. The number of rotatable bonds is 2. The number of nitrogens with zero attached hydrogens (tertiary/aromatic N) is 1. The normalized spacial score (nSPS) is 10.5. The Morgan fingerprint density at radius 2 is 1.67 bits per heavy atom. The van der Waals surface area contributed by atoms with E-state index < -0.39 is 0 Å². The van der Waals surface area contributed by atoms with Crippen LogP contribution in [0, 0.1) is 0 Å². The highest BCUT2D eigenvalue weighted by Crippen LogP contribution is 2.24. The van der Waals surface area contributed by atoms with Gasteiger partial charge in [0, 0.05) is 24.3 Å². The molecule has 0 spiro atoms. The van der Waals surface area contributed by atoms with Crippen molar-refractivity contribution in [2.24, 2.45) is 0 Å². The lowest BCUT2D eigenvalue weighted by molar-refractivity contribution is 1.41. The van der Waals surface area contributed by atoms with Gasteiger partial charge >= 0.3 is 0 Å². The van der Waals surface area contributed by atoms with Crippen LogP contribution in [0.25, 0.3) is 22.0 Å². The molecular formula is C16H14N2. The minimum atomic E-state index is 1.04. The van der Waals surface area contributed by atoms with Crippen LogP contribution in [0.15, 0.2) is 60.8 Å². The Labute approximate surface area is 106 Å². The minimum Gasteiger partial charge on any atom is -0.388 e. The highest BCUT2D eigenvalue weighted by Gasteiger charge is 2.00. The summed E-state index contributed by atoms with van der Waals surface area (Å²) >= 11 is 0. The fourth-order valence-electron chi connectivity index (χ4n) is 2.08. The topological polar surface area (TPSA) is 24.9 Å². The summed E-state index contributed by atoms with van der Waals surface area (Å²) in [5.41, 5.74) is 4.60. The van der Waals surface area contributed by atoms with Crippen LogP contribution < -0.4 is 5.32 Å². The number of aromatic nitrogens is 1. The highest BCUT2D eigenvalue weighted by molar-refractivity contribution is 5.84. The number of anilines is 1. The number of fused-ring (bicyclic) bond motifs is 1. The van der Waals surface area contributed by atoms with Crippen LogP contribution in [0.1, 0.15) is 0 Å². The van der Waals surface area contributed by atoms with Crippen LogP contribution in [0.2, 0.25) is 0 Å². The lowest BCUT2D eigenvalue weighted by Crippen LogP contribution is -1.87. The molecule has 0 saturated carbocycles. The molecule has 0 bridgehead atoms. The van der Waals surface area contributed by atoms with E-state index in [9.17, 15) is 0 Å². The van der Waals surface area contributed by atoms with Crippen molar-refractivity contribution < 1.29 is 0 Å². The second-order valence-electron chi connectivity index (χ2n) is 4.24. The van der Waals surface area contributed by atoms with Gasteiger partial charge in [0.1, 0.15) is 0 Å². The zero-order chi connectivity index (χ0) is 12.4. The molecule has 0 unspecified atom stereocenters. The summed E-state index contributed by atoms with van der Waals surface area (Å²) in [6.07, 6.45) is 1.82. The van der Waals surface area contributed by atoms with Gasteiger partial charge in [0.25, 0.3) is 0 Å². The molecule has 1 heterocycles. The van der Waals surface area contributed by atoms with Crippen LogP contribution in [0.3, 0.4) is 0 Å². The SMILES string of the molecule is CNc1ccc(-c2ccc3ncccc3c2)cc1. The van der Waals surface area contributed by atoms with Crippen LogP contribution in [-0.2, 0) is 0 Å². The minimum absolute atomic E-state index is 1.04. The molecule has 0 radical (unpaired) electrons. The van der Waals surface area contributed by atoms with Gasteiger partial charge in [-0.05, 0) is 41.5 Å². The molecule has 0 atom stereocenters. The van der Waals surface area contributed by atoms with Gasteiger partial charge < -0.3 is 5.32 Å². The molecule has 0 amide bonds. The standard InChI is InChI=1S/C16H14N2/c1-17-15-7-4-12(5-8-15)13-6-9-16-14(11-13)3-2-10-18-16/h2-11,17H,1H3. The summed E-state index contributed by atoms with van der Waals surface area (Å²) in [4.78, 5) is 4.33. The van der Waals surface area contributed by atoms with Crippen molar-refractivity contribution in [3.05, 3.63) is 60.8 Å². The third kappa shape index (κ3) is 1.93. The van der Waals surface area contributed by atoms with Gasteiger partial charge in [-0.2, -0.15) is 0 Å². The van der Waals surface area contributed by atoms with Crippen LogP contribution in [0.5, 0.6) is 0 Å². The van der Waals surface area contributed by atoms with Crippen molar-refractivity contribution in [2.75, 3.05) is 12.4 Å². The van der Waals surface area contributed by atoms with Gasteiger partial charge in [-0.15, -0.1) is 0 Å². The molecule has 18 heavy (non-hydrogen) atoms. The van der Waals surface area contributed by atoms with Crippen LogP contribution in [0.4, 0.5) is 5.69 Å². The monoisotopic (exact) mass is 234 g/mol. The molecule has 2 aromatic carbocycles. The van der Waals surface area contributed by atoms with Crippen molar-refractivity contribution in [3.8, 4) is 11.1 Å². The summed E-state index contributed by atoms with van der Waals surface area (Å²) in [7, 11) is 1.93. The summed E-state index contributed by atoms with van der Waals surface area (Å²) in [5.74, 6) is 0. The van der Waals surface area contributed by atoms with Crippen molar-refractivity contribution in [3.63, 3.8) is 0 Å². The van der Waals surface area contributed by atoms with Crippen molar-refractivity contribution >= 4 is 16.6 Å². The number of hydrogen-bond donors (Lipinski definition) is 1. The molecule has 2 nitrogen and oxygen atoms in total. The van der Waals surface area contributed by atoms with E-state index in [1.165, 1.54) is 16.5 Å². The molecule has 1 aromatic heterocycles. The van der Waals surface area contributed by atoms with Crippen molar-refractivity contribution in [1.29, 1.82) is 0 Å². The van der Waals surface area contributed by atoms with Crippen molar-refractivity contribution in [2.45, 2.75) is 0 Å². The third-order valence-electron chi connectivity index (χ3n) is 3.11. The summed E-state index contributed by atoms with van der Waals surface area (Å²) in [6, 6.07) is 18.8. The Balaban J connectivity index is 2.07. The van der Waals surface area contributed by atoms with E-state index in [4.69, 9.17) is 0 Å². The first kappa shape index (κ1) is 10.8. The number of pyridine rings is 1. The lowest BCUT2D eigenvalue weighted by atomic mass is 10.0. The predicted molar refractivity (Wildman–Crippen MR) is 76.7 cm³/mol. The first-order valence-electron chi connectivity index (χ1n) is 6.00. The number of benzene rings is 2. The number of hydrogen-bond acceptors (Lipinski definition) is 2. The van der Waals surface area contributed by atoms with E-state index in [2.05, 4.69) is 58.8 Å². The number of nitrogens with one attached hydrogen (secondary N) is 1. The van der Waals surface area contributed by atoms with Gasteiger partial charge in [0.05, 0.1) is 5.52 Å². The molecule has 0 fully saturated rings. The molecular weight excluding hydrogens is 220 g/mol. The maximum absolute atomic E-state index is 4.33. The smallest absolute Gasteiger partial charge is 0.0702 e.